The van der Waals surface area contributed by atoms with E-state index >= 15 is 0 Å². The van der Waals surface area contributed by atoms with Gasteiger partial charge in [-0.15, -0.1) is 0 Å². The van der Waals surface area contributed by atoms with Crippen molar-refractivity contribution in [1.29, 1.82) is 0 Å². The highest BCUT2D eigenvalue weighted by Crippen LogP contribution is 2.38. The Morgan fingerprint density at radius 1 is 1.07 bits per heavy atom. The smallest absolute Gasteiger partial charge is 0.261 e. The first-order valence-electron chi connectivity index (χ1n) is 10.3. The van der Waals surface area contributed by atoms with Crippen molar-refractivity contribution in [2.45, 2.75) is 45.1 Å². The van der Waals surface area contributed by atoms with Gasteiger partial charge in [-0.1, -0.05) is 39.0 Å². The first-order valence-corrected chi connectivity index (χ1v) is 10.3. The zero-order valence-electron chi connectivity index (χ0n) is 17.4. The molecule has 5 heteroatoms. The largest absolute Gasteiger partial charge is 0.486 e. The van der Waals surface area contributed by atoms with Crippen molar-refractivity contribution >= 4 is 5.91 Å². The van der Waals surface area contributed by atoms with E-state index < -0.39 is 0 Å². The number of carbonyl (C=O) groups excluding carboxylic acids is 1. The lowest BCUT2D eigenvalue weighted by Crippen LogP contribution is -2.34. The molecule has 0 aromatic heterocycles. The van der Waals surface area contributed by atoms with Crippen LogP contribution >= 0.6 is 0 Å². The van der Waals surface area contributed by atoms with Gasteiger partial charge < -0.3 is 19.1 Å². The van der Waals surface area contributed by atoms with Crippen LogP contribution in [0.1, 0.15) is 50.8 Å². The summed E-state index contributed by atoms with van der Waals surface area (Å²) in [5.74, 6) is 2.28. The third kappa shape index (κ3) is 4.34. The number of benzene rings is 2. The topological polar surface area (TPSA) is 48.0 Å². The van der Waals surface area contributed by atoms with Crippen LogP contribution < -0.4 is 14.2 Å². The summed E-state index contributed by atoms with van der Waals surface area (Å²) in [6, 6.07) is 14.1. The number of ether oxygens (including phenoxy) is 3. The Morgan fingerprint density at radius 3 is 2.52 bits per heavy atom. The van der Waals surface area contributed by atoms with Gasteiger partial charge in [-0.25, -0.2) is 0 Å². The van der Waals surface area contributed by atoms with Crippen molar-refractivity contribution in [3.05, 3.63) is 53.6 Å². The van der Waals surface area contributed by atoms with E-state index in [9.17, 15) is 4.79 Å². The molecule has 0 N–H and O–H groups in total. The van der Waals surface area contributed by atoms with Crippen molar-refractivity contribution in [1.82, 2.24) is 4.90 Å². The van der Waals surface area contributed by atoms with Crippen molar-refractivity contribution < 1.29 is 19.0 Å². The Bertz CT molecular complexity index is 869. The predicted octanol–water partition coefficient (Wildman–Crippen LogP) is 4.50. The summed E-state index contributed by atoms with van der Waals surface area (Å²) in [5.41, 5.74) is 2.44. The van der Waals surface area contributed by atoms with E-state index in [4.69, 9.17) is 14.2 Å². The number of rotatable bonds is 4. The molecule has 1 unspecified atom stereocenters. The summed E-state index contributed by atoms with van der Waals surface area (Å²) >= 11 is 0. The number of hydrogen-bond donors (Lipinski definition) is 0. The maximum Gasteiger partial charge on any atom is 0.261 e. The summed E-state index contributed by atoms with van der Waals surface area (Å²) in [7, 11) is 0. The monoisotopic (exact) mass is 395 g/mol. The maximum absolute atomic E-state index is 12.9. The molecule has 2 heterocycles. The van der Waals surface area contributed by atoms with Crippen molar-refractivity contribution in [3.63, 3.8) is 0 Å². The zero-order chi connectivity index (χ0) is 20.4. The Balaban J connectivity index is 1.40. The normalized spacial score (nSPS) is 18.6. The number of nitrogens with zero attached hydrogens (tertiary/aromatic N) is 1. The molecule has 2 aliphatic heterocycles. The quantitative estimate of drug-likeness (QED) is 0.765. The molecule has 0 saturated carbocycles. The summed E-state index contributed by atoms with van der Waals surface area (Å²) in [4.78, 5) is 14.8. The fourth-order valence-electron chi connectivity index (χ4n) is 3.96. The van der Waals surface area contributed by atoms with Crippen molar-refractivity contribution in [2.75, 3.05) is 26.4 Å². The summed E-state index contributed by atoms with van der Waals surface area (Å²) in [6.07, 6.45) is 1.94. The fourth-order valence-corrected chi connectivity index (χ4v) is 3.96. The molecule has 2 aromatic rings. The van der Waals surface area contributed by atoms with Gasteiger partial charge in [-0.3, -0.25) is 4.79 Å². The van der Waals surface area contributed by atoms with Crippen LogP contribution in [0.2, 0.25) is 0 Å². The first-order chi connectivity index (χ1) is 13.9. The van der Waals surface area contributed by atoms with E-state index in [2.05, 4.69) is 32.9 Å². The molecule has 1 amide bonds. The third-order valence-electron chi connectivity index (χ3n) is 5.61. The molecule has 0 aliphatic carbocycles. The Morgan fingerprint density at radius 2 is 1.79 bits per heavy atom. The molecule has 0 bridgehead atoms. The molecular formula is C24H29NO4. The first kappa shape index (κ1) is 19.6. The molecule has 1 saturated heterocycles. The SMILES string of the molecule is CC(C)(C)c1ccc(OCC(=O)N2CCCC2c2ccc3c(c2)OCCO3)cc1. The molecule has 5 nitrogen and oxygen atoms in total. The summed E-state index contributed by atoms with van der Waals surface area (Å²) in [5, 5.41) is 0. The van der Waals surface area contributed by atoms with E-state index in [1.165, 1.54) is 5.56 Å². The highest BCUT2D eigenvalue weighted by atomic mass is 16.6. The van der Waals surface area contributed by atoms with Gasteiger partial charge in [0.1, 0.15) is 19.0 Å². The Hall–Kier alpha value is -2.69. The lowest BCUT2D eigenvalue weighted by Gasteiger charge is -2.27. The van der Waals surface area contributed by atoms with Crippen LogP contribution in [0.15, 0.2) is 42.5 Å². The number of likely N-dealkylation sites (tertiary alicyclic amines) is 1. The summed E-state index contributed by atoms with van der Waals surface area (Å²) < 4.78 is 17.1. The van der Waals surface area contributed by atoms with Crippen molar-refractivity contribution in [2.24, 2.45) is 0 Å². The van der Waals surface area contributed by atoms with Crippen LogP contribution in [0.25, 0.3) is 0 Å². The molecular weight excluding hydrogens is 366 g/mol. The minimum absolute atomic E-state index is 0.0160. The number of fused-ring (bicyclic) bond motifs is 1. The average molecular weight is 395 g/mol. The van der Waals surface area contributed by atoms with Gasteiger partial charge in [0.25, 0.3) is 5.91 Å². The second kappa shape index (κ2) is 7.97. The van der Waals surface area contributed by atoms with Gasteiger partial charge in [0.2, 0.25) is 0 Å². The lowest BCUT2D eigenvalue weighted by molar-refractivity contribution is -0.134. The maximum atomic E-state index is 12.9. The van der Waals surface area contributed by atoms with Crippen LogP contribution in [0, 0.1) is 0 Å². The lowest BCUT2D eigenvalue weighted by atomic mass is 9.87. The van der Waals surface area contributed by atoms with Gasteiger partial charge in [0, 0.05) is 6.54 Å². The molecule has 2 aromatic carbocycles. The van der Waals surface area contributed by atoms with Gasteiger partial charge >= 0.3 is 0 Å². The van der Waals surface area contributed by atoms with E-state index in [1.54, 1.807) is 0 Å². The highest BCUT2D eigenvalue weighted by molar-refractivity contribution is 5.78. The number of carbonyl (C=O) groups is 1. The number of amides is 1. The zero-order valence-corrected chi connectivity index (χ0v) is 17.4. The number of hydrogen-bond acceptors (Lipinski definition) is 4. The van der Waals surface area contributed by atoms with Crippen LogP contribution in [-0.4, -0.2) is 37.2 Å². The van der Waals surface area contributed by atoms with Crippen LogP contribution in [-0.2, 0) is 10.2 Å². The van der Waals surface area contributed by atoms with Gasteiger partial charge in [0.15, 0.2) is 18.1 Å². The van der Waals surface area contributed by atoms with Crippen molar-refractivity contribution in [3.8, 4) is 17.2 Å². The molecule has 0 radical (unpaired) electrons. The van der Waals surface area contributed by atoms with Gasteiger partial charge in [-0.2, -0.15) is 0 Å². The summed E-state index contributed by atoms with van der Waals surface area (Å²) in [6.45, 7) is 8.48. The fraction of sp³-hybridized carbons (Fsp3) is 0.458. The molecule has 1 fully saturated rings. The van der Waals surface area contributed by atoms with E-state index in [-0.39, 0.29) is 24.0 Å². The molecule has 2 aliphatic rings. The van der Waals surface area contributed by atoms with Gasteiger partial charge in [0.05, 0.1) is 6.04 Å². The molecule has 154 valence electrons. The van der Waals surface area contributed by atoms with Crippen LogP contribution in [0.3, 0.4) is 0 Å². The van der Waals surface area contributed by atoms with E-state index in [1.807, 2.05) is 35.2 Å². The Kier molecular flexibility index (Phi) is 5.39. The predicted molar refractivity (Wildman–Crippen MR) is 112 cm³/mol. The average Bonchev–Trinajstić information content (AvgIpc) is 3.21. The molecule has 0 spiro atoms. The Labute approximate surface area is 172 Å². The third-order valence-corrected chi connectivity index (χ3v) is 5.61. The van der Waals surface area contributed by atoms with E-state index in [0.717, 1.165) is 42.2 Å². The molecule has 4 rings (SSSR count). The minimum atomic E-state index is 0.0160. The second-order valence-corrected chi connectivity index (χ2v) is 8.71. The highest BCUT2D eigenvalue weighted by Gasteiger charge is 2.31. The molecule has 29 heavy (non-hydrogen) atoms. The standard InChI is InChI=1S/C24H29NO4/c1-24(2,3)18-7-9-19(10-8-18)29-16-23(26)25-12-4-5-20(25)17-6-11-21-22(15-17)28-14-13-27-21/h6-11,15,20H,4-5,12-14,16H2,1-3H3. The van der Waals surface area contributed by atoms with Crippen LogP contribution in [0.5, 0.6) is 17.2 Å². The molecule has 1 atom stereocenters. The second-order valence-electron chi connectivity index (χ2n) is 8.71. The van der Waals surface area contributed by atoms with E-state index in [0.29, 0.717) is 13.2 Å². The van der Waals surface area contributed by atoms with Gasteiger partial charge in [-0.05, 0) is 53.6 Å². The van der Waals surface area contributed by atoms with Crippen LogP contribution in [0.4, 0.5) is 0 Å². The minimum Gasteiger partial charge on any atom is -0.486 e.